The van der Waals surface area contributed by atoms with Gasteiger partial charge in [0.05, 0.1) is 25.4 Å². The SMILES string of the molecule is CCCCCCCCCCCCC/C=C/[C@@H](O)[C@H](CO)NC(=O)[C@@H]1CO1. The van der Waals surface area contributed by atoms with Crippen LogP contribution in [0.4, 0.5) is 0 Å². The minimum atomic E-state index is -0.865. The number of rotatable bonds is 17. The maximum Gasteiger partial charge on any atom is 0.251 e. The van der Waals surface area contributed by atoms with Gasteiger partial charge in [0.25, 0.3) is 5.91 Å². The second-order valence-electron chi connectivity index (χ2n) is 7.36. The van der Waals surface area contributed by atoms with Crippen LogP contribution in [0.1, 0.15) is 84.0 Å². The first-order chi connectivity index (χ1) is 12.7. The molecule has 26 heavy (non-hydrogen) atoms. The Labute approximate surface area is 159 Å². The Kier molecular flexibility index (Phi) is 13.5. The van der Waals surface area contributed by atoms with E-state index in [4.69, 9.17) is 4.74 Å². The first-order valence-corrected chi connectivity index (χ1v) is 10.6. The molecule has 0 saturated carbocycles. The smallest absolute Gasteiger partial charge is 0.251 e. The third-order valence-electron chi connectivity index (χ3n) is 4.87. The number of hydrogen-bond donors (Lipinski definition) is 3. The third-order valence-corrected chi connectivity index (χ3v) is 4.87. The quantitative estimate of drug-likeness (QED) is 0.208. The van der Waals surface area contributed by atoms with Crippen LogP contribution >= 0.6 is 0 Å². The Balaban J connectivity index is 1.94. The molecule has 3 atom stereocenters. The second-order valence-corrected chi connectivity index (χ2v) is 7.36. The molecule has 3 N–H and O–H groups in total. The van der Waals surface area contributed by atoms with Gasteiger partial charge in [-0.25, -0.2) is 0 Å². The Morgan fingerprint density at radius 2 is 1.62 bits per heavy atom. The predicted molar refractivity (Wildman–Crippen MR) is 105 cm³/mol. The summed E-state index contributed by atoms with van der Waals surface area (Å²) >= 11 is 0. The van der Waals surface area contributed by atoms with Crippen molar-refractivity contribution in [1.82, 2.24) is 5.32 Å². The molecule has 5 heteroatoms. The molecule has 152 valence electrons. The van der Waals surface area contributed by atoms with Gasteiger partial charge in [-0.15, -0.1) is 0 Å². The molecular formula is C21H39NO4. The maximum atomic E-state index is 11.6. The molecule has 1 fully saturated rings. The van der Waals surface area contributed by atoms with Crippen LogP contribution in [0.3, 0.4) is 0 Å². The highest BCUT2D eigenvalue weighted by Crippen LogP contribution is 2.12. The summed E-state index contributed by atoms with van der Waals surface area (Å²) in [7, 11) is 0. The largest absolute Gasteiger partial charge is 0.394 e. The molecule has 0 unspecified atom stereocenters. The van der Waals surface area contributed by atoms with E-state index in [-0.39, 0.29) is 12.5 Å². The fourth-order valence-electron chi connectivity index (χ4n) is 3.01. The standard InChI is InChI=1S/C21H39NO4/c1-2-3-4-5-6-7-8-9-10-11-12-13-14-15-19(24)18(16-23)22-21(25)20-17-26-20/h14-15,18-20,23-24H,2-13,16-17H2,1H3,(H,22,25)/b15-14+/t18-,19+,20-/m0/s1. The molecule has 0 aromatic heterocycles. The van der Waals surface area contributed by atoms with Gasteiger partial charge < -0.3 is 20.3 Å². The lowest BCUT2D eigenvalue weighted by atomic mass is 10.0. The highest BCUT2D eigenvalue weighted by Gasteiger charge is 2.33. The van der Waals surface area contributed by atoms with Gasteiger partial charge in [0, 0.05) is 0 Å². The Bertz CT molecular complexity index is 382. The van der Waals surface area contributed by atoms with E-state index < -0.39 is 18.2 Å². The molecule has 5 nitrogen and oxygen atoms in total. The minimum absolute atomic E-state index is 0.262. The summed E-state index contributed by atoms with van der Waals surface area (Å²) in [5.74, 6) is -0.262. The average molecular weight is 370 g/mol. The van der Waals surface area contributed by atoms with Crippen molar-refractivity contribution < 1.29 is 19.7 Å². The zero-order valence-electron chi connectivity index (χ0n) is 16.5. The number of hydrogen-bond acceptors (Lipinski definition) is 4. The van der Waals surface area contributed by atoms with Crippen LogP contribution in [0.5, 0.6) is 0 Å². The summed E-state index contributed by atoms with van der Waals surface area (Å²) in [6.07, 6.45) is 17.8. The summed E-state index contributed by atoms with van der Waals surface area (Å²) in [4.78, 5) is 11.6. The summed E-state index contributed by atoms with van der Waals surface area (Å²) in [6, 6.07) is -0.666. The molecule has 0 aliphatic carbocycles. The van der Waals surface area contributed by atoms with E-state index in [1.54, 1.807) is 6.08 Å². The number of amides is 1. The molecule has 1 aliphatic rings. The van der Waals surface area contributed by atoms with Gasteiger partial charge in [-0.1, -0.05) is 83.3 Å². The molecule has 0 bridgehead atoms. The van der Waals surface area contributed by atoms with E-state index in [9.17, 15) is 15.0 Å². The molecule has 1 heterocycles. The van der Waals surface area contributed by atoms with Crippen LogP contribution in [-0.4, -0.2) is 47.6 Å². The number of nitrogens with one attached hydrogen (secondary N) is 1. The molecule has 0 spiro atoms. The van der Waals surface area contributed by atoms with Gasteiger partial charge >= 0.3 is 0 Å². The first-order valence-electron chi connectivity index (χ1n) is 10.6. The van der Waals surface area contributed by atoms with Crippen LogP contribution < -0.4 is 5.32 Å². The lowest BCUT2D eigenvalue weighted by Gasteiger charge is -2.19. The molecule has 1 rings (SSSR count). The zero-order valence-corrected chi connectivity index (χ0v) is 16.5. The van der Waals surface area contributed by atoms with E-state index in [1.165, 1.54) is 64.2 Å². The molecule has 0 aromatic rings. The van der Waals surface area contributed by atoms with Crippen molar-refractivity contribution in [3.8, 4) is 0 Å². The first kappa shape index (κ1) is 23.1. The number of unbranched alkanes of at least 4 members (excludes halogenated alkanes) is 11. The van der Waals surface area contributed by atoms with Gasteiger partial charge in [0.2, 0.25) is 0 Å². The van der Waals surface area contributed by atoms with Gasteiger partial charge in [-0.05, 0) is 12.8 Å². The lowest BCUT2D eigenvalue weighted by Crippen LogP contribution is -2.46. The predicted octanol–water partition coefficient (Wildman–Crippen LogP) is 3.48. The van der Waals surface area contributed by atoms with E-state index in [0.717, 1.165) is 12.8 Å². The van der Waals surface area contributed by atoms with Crippen molar-refractivity contribution in [2.24, 2.45) is 0 Å². The van der Waals surface area contributed by atoms with Gasteiger partial charge in [-0.3, -0.25) is 4.79 Å². The fourth-order valence-corrected chi connectivity index (χ4v) is 3.01. The maximum absolute atomic E-state index is 11.6. The topological polar surface area (TPSA) is 82.1 Å². The third kappa shape index (κ3) is 11.7. The number of allylic oxidation sites excluding steroid dienone is 1. The van der Waals surface area contributed by atoms with Gasteiger partial charge in [0.15, 0.2) is 6.10 Å². The van der Waals surface area contributed by atoms with Crippen molar-refractivity contribution >= 4 is 5.91 Å². The number of carbonyl (C=O) groups excluding carboxylic acids is 1. The minimum Gasteiger partial charge on any atom is -0.394 e. The van der Waals surface area contributed by atoms with Crippen LogP contribution in [0, 0.1) is 0 Å². The highest BCUT2D eigenvalue weighted by molar-refractivity contribution is 5.83. The van der Waals surface area contributed by atoms with Crippen LogP contribution in [0.2, 0.25) is 0 Å². The molecule has 0 aromatic carbocycles. The van der Waals surface area contributed by atoms with E-state index in [1.807, 2.05) is 6.08 Å². The zero-order chi connectivity index (χ0) is 19.0. The van der Waals surface area contributed by atoms with E-state index >= 15 is 0 Å². The molecule has 1 amide bonds. The number of epoxide rings is 1. The molecule has 0 radical (unpaired) electrons. The molecule has 1 aliphatic heterocycles. The van der Waals surface area contributed by atoms with Crippen molar-refractivity contribution in [1.29, 1.82) is 0 Å². The summed E-state index contributed by atoms with van der Waals surface area (Å²) in [6.45, 7) is 2.39. The van der Waals surface area contributed by atoms with Crippen molar-refractivity contribution in [3.05, 3.63) is 12.2 Å². The van der Waals surface area contributed by atoms with Crippen molar-refractivity contribution in [3.63, 3.8) is 0 Å². The van der Waals surface area contributed by atoms with Gasteiger partial charge in [-0.2, -0.15) is 0 Å². The second kappa shape index (κ2) is 15.2. The normalized spacial score (nSPS) is 18.8. The van der Waals surface area contributed by atoms with Crippen molar-refractivity contribution in [2.45, 2.75) is 102 Å². The lowest BCUT2D eigenvalue weighted by molar-refractivity contribution is -0.124. The summed E-state index contributed by atoms with van der Waals surface area (Å²) in [5, 5.41) is 21.9. The Morgan fingerprint density at radius 3 is 2.12 bits per heavy atom. The fraction of sp³-hybridized carbons (Fsp3) is 0.857. The molecule has 1 saturated heterocycles. The number of carbonyl (C=O) groups is 1. The van der Waals surface area contributed by atoms with Gasteiger partial charge in [0.1, 0.15) is 0 Å². The number of ether oxygens (including phenoxy) is 1. The number of aliphatic hydroxyl groups excluding tert-OH is 2. The number of aliphatic hydroxyl groups is 2. The van der Waals surface area contributed by atoms with E-state index in [2.05, 4.69) is 12.2 Å². The van der Waals surface area contributed by atoms with Crippen molar-refractivity contribution in [2.75, 3.05) is 13.2 Å². The Morgan fingerprint density at radius 1 is 1.08 bits per heavy atom. The van der Waals surface area contributed by atoms with Crippen LogP contribution in [0.15, 0.2) is 12.2 Å². The monoisotopic (exact) mass is 369 g/mol. The van der Waals surface area contributed by atoms with Crippen LogP contribution in [0.25, 0.3) is 0 Å². The molecular weight excluding hydrogens is 330 g/mol. The van der Waals surface area contributed by atoms with Crippen LogP contribution in [-0.2, 0) is 9.53 Å². The average Bonchev–Trinajstić information content (AvgIpc) is 3.48. The Hall–Kier alpha value is -0.910. The summed E-state index contributed by atoms with van der Waals surface area (Å²) < 4.78 is 4.88. The summed E-state index contributed by atoms with van der Waals surface area (Å²) in [5.41, 5.74) is 0. The highest BCUT2D eigenvalue weighted by atomic mass is 16.6. The van der Waals surface area contributed by atoms with E-state index in [0.29, 0.717) is 6.61 Å².